The Morgan fingerprint density at radius 3 is 2.50 bits per heavy atom. The highest BCUT2D eigenvalue weighted by Crippen LogP contribution is 2.27. The molecule has 1 fully saturated rings. The average molecular weight is 317 g/mol. The number of carbonyl (C=O) groups excluding carboxylic acids is 1. The Hall–Kier alpha value is -1.83. The van der Waals surface area contributed by atoms with E-state index in [0.29, 0.717) is 12.6 Å². The normalized spacial score (nSPS) is 18.0. The summed E-state index contributed by atoms with van der Waals surface area (Å²) < 4.78 is 37.4. The summed E-state index contributed by atoms with van der Waals surface area (Å²) >= 11 is 0. The fraction of sp³-hybridized carbons (Fsp3) is 0.571. The second kappa shape index (κ2) is 6.12. The van der Waals surface area contributed by atoms with Crippen molar-refractivity contribution in [3.8, 4) is 0 Å². The van der Waals surface area contributed by atoms with Gasteiger partial charge in [0.2, 0.25) is 0 Å². The molecule has 8 heteroatoms. The minimum atomic E-state index is -4.64. The fourth-order valence-electron chi connectivity index (χ4n) is 2.41. The lowest BCUT2D eigenvalue weighted by atomic mass is 9.81. The molecule has 1 aliphatic heterocycles. The van der Waals surface area contributed by atoms with Gasteiger partial charge in [-0.3, -0.25) is 9.59 Å². The highest BCUT2D eigenvalue weighted by atomic mass is 19.4. The van der Waals surface area contributed by atoms with Crippen LogP contribution in [-0.4, -0.2) is 30.5 Å². The van der Waals surface area contributed by atoms with Gasteiger partial charge < -0.3 is 15.6 Å². The Labute approximate surface area is 125 Å². The molecule has 0 aliphatic carbocycles. The summed E-state index contributed by atoms with van der Waals surface area (Å²) in [6.45, 7) is 4.12. The summed E-state index contributed by atoms with van der Waals surface area (Å²) in [6, 6.07) is 1.60. The summed E-state index contributed by atoms with van der Waals surface area (Å²) in [7, 11) is 0. The number of pyridine rings is 1. The Kier molecular flexibility index (Phi) is 4.60. The van der Waals surface area contributed by atoms with Gasteiger partial charge in [-0.25, -0.2) is 0 Å². The maximum absolute atomic E-state index is 12.5. The van der Waals surface area contributed by atoms with Crippen LogP contribution >= 0.6 is 0 Å². The molecule has 0 spiro atoms. The van der Waals surface area contributed by atoms with Crippen LogP contribution in [-0.2, 0) is 6.18 Å². The van der Waals surface area contributed by atoms with E-state index in [1.54, 1.807) is 4.98 Å². The van der Waals surface area contributed by atoms with Crippen LogP contribution in [0.5, 0.6) is 0 Å². The number of aromatic amines is 1. The number of rotatable bonds is 3. The Balaban J connectivity index is 2.05. The van der Waals surface area contributed by atoms with E-state index in [4.69, 9.17) is 0 Å². The Morgan fingerprint density at radius 2 is 1.95 bits per heavy atom. The van der Waals surface area contributed by atoms with Crippen LogP contribution in [0.15, 0.2) is 16.9 Å². The van der Waals surface area contributed by atoms with Gasteiger partial charge >= 0.3 is 6.18 Å². The standard InChI is InChI=1S/C14H18F3N3O2/c1-13(4-6-18-7-5-13)8-19-11(21)9-2-3-10(14(15,16)17)20-12(9)22/h2-3,18H,4-8H2,1H3,(H,19,21)(H,20,22). The molecule has 0 atom stereocenters. The van der Waals surface area contributed by atoms with Gasteiger partial charge in [-0.1, -0.05) is 6.92 Å². The molecule has 1 amide bonds. The largest absolute Gasteiger partial charge is 0.431 e. The SMILES string of the molecule is CC1(CNC(=O)c2ccc(C(F)(F)F)[nH]c2=O)CCNCC1. The van der Waals surface area contributed by atoms with Crippen molar-refractivity contribution in [3.05, 3.63) is 33.7 Å². The van der Waals surface area contributed by atoms with Crippen LogP contribution in [0.25, 0.3) is 0 Å². The first kappa shape index (κ1) is 16.5. The number of hydrogen-bond acceptors (Lipinski definition) is 3. The number of nitrogens with one attached hydrogen (secondary N) is 3. The number of amides is 1. The summed E-state index contributed by atoms with van der Waals surface area (Å²) in [6.07, 6.45) is -2.87. The van der Waals surface area contributed by atoms with Gasteiger partial charge in [0.15, 0.2) is 0 Å². The van der Waals surface area contributed by atoms with E-state index in [-0.39, 0.29) is 11.0 Å². The van der Waals surface area contributed by atoms with Gasteiger partial charge in [0, 0.05) is 6.54 Å². The lowest BCUT2D eigenvalue weighted by Gasteiger charge is -2.34. The molecule has 1 aromatic heterocycles. The second-order valence-electron chi connectivity index (χ2n) is 5.86. The summed E-state index contributed by atoms with van der Waals surface area (Å²) in [5.41, 5.74) is -2.59. The number of carbonyl (C=O) groups is 1. The first-order valence-electron chi connectivity index (χ1n) is 7.01. The number of halogens is 3. The van der Waals surface area contributed by atoms with Crippen molar-refractivity contribution in [2.75, 3.05) is 19.6 Å². The van der Waals surface area contributed by atoms with Crippen molar-refractivity contribution in [1.29, 1.82) is 0 Å². The van der Waals surface area contributed by atoms with Crippen LogP contribution < -0.4 is 16.2 Å². The number of piperidine rings is 1. The lowest BCUT2D eigenvalue weighted by Crippen LogP contribution is -2.43. The van der Waals surface area contributed by atoms with Crippen molar-refractivity contribution in [3.63, 3.8) is 0 Å². The molecule has 5 nitrogen and oxygen atoms in total. The van der Waals surface area contributed by atoms with E-state index in [2.05, 4.69) is 10.6 Å². The summed E-state index contributed by atoms with van der Waals surface area (Å²) in [5, 5.41) is 5.85. The quantitative estimate of drug-likeness (QED) is 0.791. The van der Waals surface area contributed by atoms with Crippen molar-refractivity contribution in [2.24, 2.45) is 5.41 Å². The highest BCUT2D eigenvalue weighted by Gasteiger charge is 2.32. The smallest absolute Gasteiger partial charge is 0.351 e. The molecule has 0 aromatic carbocycles. The molecule has 0 radical (unpaired) electrons. The third-order valence-electron chi connectivity index (χ3n) is 3.95. The molecular formula is C14H18F3N3O2. The zero-order chi connectivity index (χ0) is 16.4. The average Bonchev–Trinajstić information content (AvgIpc) is 2.44. The van der Waals surface area contributed by atoms with Crippen molar-refractivity contribution < 1.29 is 18.0 Å². The topological polar surface area (TPSA) is 74.0 Å². The zero-order valence-electron chi connectivity index (χ0n) is 12.1. The van der Waals surface area contributed by atoms with Gasteiger partial charge in [0.25, 0.3) is 11.5 Å². The second-order valence-corrected chi connectivity index (χ2v) is 5.86. The van der Waals surface area contributed by atoms with Crippen LogP contribution in [0, 0.1) is 5.41 Å². The molecule has 0 unspecified atom stereocenters. The molecule has 122 valence electrons. The minimum absolute atomic E-state index is 0.0699. The molecule has 0 bridgehead atoms. The maximum Gasteiger partial charge on any atom is 0.431 e. The molecule has 2 rings (SSSR count). The highest BCUT2D eigenvalue weighted by molar-refractivity contribution is 5.93. The van der Waals surface area contributed by atoms with Crippen LogP contribution in [0.1, 0.15) is 35.8 Å². The third kappa shape index (κ3) is 3.88. The summed E-state index contributed by atoms with van der Waals surface area (Å²) in [4.78, 5) is 25.3. The number of aromatic nitrogens is 1. The maximum atomic E-state index is 12.5. The number of alkyl halides is 3. The Morgan fingerprint density at radius 1 is 1.32 bits per heavy atom. The Bertz CT molecular complexity index is 604. The van der Waals surface area contributed by atoms with Gasteiger partial charge in [-0.05, 0) is 43.5 Å². The van der Waals surface area contributed by atoms with E-state index in [1.165, 1.54) is 0 Å². The minimum Gasteiger partial charge on any atom is -0.351 e. The van der Waals surface area contributed by atoms with E-state index in [9.17, 15) is 22.8 Å². The van der Waals surface area contributed by atoms with Crippen molar-refractivity contribution in [2.45, 2.75) is 25.9 Å². The van der Waals surface area contributed by atoms with Crippen molar-refractivity contribution >= 4 is 5.91 Å². The van der Waals surface area contributed by atoms with Crippen LogP contribution in [0.4, 0.5) is 13.2 Å². The molecule has 1 saturated heterocycles. The van der Waals surface area contributed by atoms with Crippen molar-refractivity contribution in [1.82, 2.24) is 15.6 Å². The third-order valence-corrected chi connectivity index (χ3v) is 3.95. The summed E-state index contributed by atoms with van der Waals surface area (Å²) in [5.74, 6) is -0.658. The molecular weight excluding hydrogens is 299 g/mol. The van der Waals surface area contributed by atoms with E-state index < -0.39 is 23.3 Å². The van der Waals surface area contributed by atoms with Gasteiger partial charge in [-0.2, -0.15) is 13.2 Å². The van der Waals surface area contributed by atoms with E-state index in [0.717, 1.165) is 32.0 Å². The monoisotopic (exact) mass is 317 g/mol. The predicted octanol–water partition coefficient (Wildman–Crippen LogP) is 1.51. The molecule has 1 aliphatic rings. The number of hydrogen-bond donors (Lipinski definition) is 3. The lowest BCUT2D eigenvalue weighted by molar-refractivity contribution is -0.141. The first-order valence-corrected chi connectivity index (χ1v) is 7.01. The molecule has 1 aromatic rings. The van der Waals surface area contributed by atoms with Gasteiger partial charge in [0.05, 0.1) is 0 Å². The zero-order valence-corrected chi connectivity index (χ0v) is 12.1. The van der Waals surface area contributed by atoms with Crippen LogP contribution in [0.2, 0.25) is 0 Å². The molecule has 3 N–H and O–H groups in total. The first-order chi connectivity index (χ1) is 10.2. The van der Waals surface area contributed by atoms with Gasteiger partial charge in [0.1, 0.15) is 11.3 Å². The van der Waals surface area contributed by atoms with Gasteiger partial charge in [-0.15, -0.1) is 0 Å². The fourth-order valence-corrected chi connectivity index (χ4v) is 2.41. The van der Waals surface area contributed by atoms with E-state index in [1.807, 2.05) is 6.92 Å². The predicted molar refractivity (Wildman–Crippen MR) is 74.6 cm³/mol. The van der Waals surface area contributed by atoms with Crippen LogP contribution in [0.3, 0.4) is 0 Å². The molecule has 22 heavy (non-hydrogen) atoms. The molecule has 0 saturated carbocycles. The van der Waals surface area contributed by atoms with E-state index >= 15 is 0 Å². The molecule has 2 heterocycles. The number of H-pyrrole nitrogens is 1.